The number of rotatable bonds is 3. The topological polar surface area (TPSA) is 58.4 Å². The Morgan fingerprint density at radius 3 is 2.71 bits per heavy atom. The summed E-state index contributed by atoms with van der Waals surface area (Å²) in [6.45, 7) is 1.86. The number of piperidine rings is 1. The molecule has 2 unspecified atom stereocenters. The lowest BCUT2D eigenvalue weighted by molar-refractivity contribution is 0.354. The molecule has 6 rings (SSSR count). The summed E-state index contributed by atoms with van der Waals surface area (Å²) >= 11 is 1.68. The van der Waals surface area contributed by atoms with Crippen molar-refractivity contribution in [1.82, 2.24) is 24.7 Å². The van der Waals surface area contributed by atoms with E-state index in [1.165, 1.54) is 31.7 Å². The summed E-state index contributed by atoms with van der Waals surface area (Å²) in [6.07, 6.45) is 10.4. The minimum atomic E-state index is -0.340. The maximum absolute atomic E-state index is 14.5. The molecular weight excluding hydrogens is 435 g/mol. The Balaban J connectivity index is 0.00000204. The van der Waals surface area contributed by atoms with Gasteiger partial charge in [0.2, 0.25) is 0 Å². The zero-order chi connectivity index (χ0) is 20.4. The zero-order valence-corrected chi connectivity index (χ0v) is 19.0. The fourth-order valence-corrected chi connectivity index (χ4v) is 5.95. The number of nitrogens with one attached hydrogen (secondary N) is 1. The van der Waals surface area contributed by atoms with Gasteiger partial charge >= 0.3 is 0 Å². The van der Waals surface area contributed by atoms with Gasteiger partial charge in [0, 0.05) is 43.1 Å². The molecule has 31 heavy (non-hydrogen) atoms. The number of fused-ring (bicyclic) bond motifs is 4. The van der Waals surface area contributed by atoms with Crippen LogP contribution in [0.1, 0.15) is 31.4 Å². The van der Waals surface area contributed by atoms with Gasteiger partial charge in [0.05, 0.1) is 22.3 Å². The van der Waals surface area contributed by atoms with Crippen molar-refractivity contribution in [2.24, 2.45) is 0 Å². The fourth-order valence-electron chi connectivity index (χ4n) is 4.95. The largest absolute Gasteiger partial charge is 0.348 e. The number of anilines is 1. The van der Waals surface area contributed by atoms with Crippen LogP contribution in [0.3, 0.4) is 0 Å². The van der Waals surface area contributed by atoms with Crippen LogP contribution < -0.4 is 10.2 Å². The van der Waals surface area contributed by atoms with Crippen LogP contribution in [0.2, 0.25) is 0 Å². The summed E-state index contributed by atoms with van der Waals surface area (Å²) in [5.41, 5.74) is 3.50. The maximum atomic E-state index is 14.5. The Morgan fingerprint density at radius 2 is 1.94 bits per heavy atom. The van der Waals surface area contributed by atoms with Crippen LogP contribution in [0.4, 0.5) is 9.52 Å². The summed E-state index contributed by atoms with van der Waals surface area (Å²) in [7, 11) is 2.16. The van der Waals surface area contributed by atoms with E-state index >= 15 is 0 Å². The number of aromatic nitrogens is 4. The van der Waals surface area contributed by atoms with Crippen molar-refractivity contribution < 1.29 is 4.39 Å². The van der Waals surface area contributed by atoms with Crippen LogP contribution in [-0.4, -0.2) is 44.5 Å². The van der Waals surface area contributed by atoms with Crippen LogP contribution >= 0.6 is 23.7 Å². The lowest BCUT2D eigenvalue weighted by Gasteiger charge is -2.35. The first-order valence-corrected chi connectivity index (χ1v) is 11.3. The van der Waals surface area contributed by atoms with Gasteiger partial charge in [-0.05, 0) is 44.7 Å². The number of thiazole rings is 1. The first-order valence-electron chi connectivity index (χ1n) is 10.4. The molecule has 6 nitrogen and oxygen atoms in total. The summed E-state index contributed by atoms with van der Waals surface area (Å²) < 4.78 is 17.3. The van der Waals surface area contributed by atoms with Crippen molar-refractivity contribution in [3.63, 3.8) is 0 Å². The molecule has 0 radical (unpaired) electrons. The van der Waals surface area contributed by atoms with Crippen molar-refractivity contribution in [3.05, 3.63) is 42.2 Å². The van der Waals surface area contributed by atoms with Gasteiger partial charge in [-0.25, -0.2) is 14.4 Å². The molecule has 9 heteroatoms. The third kappa shape index (κ3) is 3.56. The lowest BCUT2D eigenvalue weighted by Crippen LogP contribution is -2.47. The molecule has 2 fully saturated rings. The molecule has 0 saturated carbocycles. The molecule has 2 saturated heterocycles. The Morgan fingerprint density at radius 1 is 1.16 bits per heavy atom. The van der Waals surface area contributed by atoms with Gasteiger partial charge in [0.25, 0.3) is 0 Å². The summed E-state index contributed by atoms with van der Waals surface area (Å²) in [4.78, 5) is 16.0. The van der Waals surface area contributed by atoms with E-state index in [4.69, 9.17) is 4.98 Å². The SMILES string of the molecule is Cc1cn2cc(-c3cc4sc(N(C)C5CC6CCC(C5)N6)nc4cn3)cc(F)c2n1.Cl. The van der Waals surface area contributed by atoms with Crippen LogP contribution in [0.15, 0.2) is 30.7 Å². The third-order valence-electron chi connectivity index (χ3n) is 6.48. The van der Waals surface area contributed by atoms with Gasteiger partial charge in [-0.15, -0.1) is 12.4 Å². The normalized spacial score (nSPS) is 22.7. The number of nitrogens with zero attached hydrogens (tertiary/aromatic N) is 5. The first kappa shape index (κ1) is 20.6. The van der Waals surface area contributed by atoms with E-state index in [-0.39, 0.29) is 18.2 Å². The van der Waals surface area contributed by atoms with E-state index in [0.29, 0.717) is 23.8 Å². The Bertz CT molecular complexity index is 1260. The van der Waals surface area contributed by atoms with E-state index in [9.17, 15) is 4.39 Å². The van der Waals surface area contributed by atoms with Crippen LogP contribution in [0, 0.1) is 12.7 Å². The minimum absolute atomic E-state index is 0. The smallest absolute Gasteiger partial charge is 0.186 e. The van der Waals surface area contributed by atoms with Gasteiger partial charge < -0.3 is 14.6 Å². The second-order valence-electron chi connectivity index (χ2n) is 8.60. The second kappa shape index (κ2) is 7.69. The highest BCUT2D eigenvalue weighted by molar-refractivity contribution is 7.22. The monoisotopic (exact) mass is 458 g/mol. The van der Waals surface area contributed by atoms with Crippen molar-refractivity contribution in [2.45, 2.75) is 50.7 Å². The predicted octanol–water partition coefficient (Wildman–Crippen LogP) is 4.59. The van der Waals surface area contributed by atoms with Crippen molar-refractivity contribution in [2.75, 3.05) is 11.9 Å². The van der Waals surface area contributed by atoms with Gasteiger partial charge in [-0.1, -0.05) is 11.3 Å². The molecule has 162 valence electrons. The lowest BCUT2D eigenvalue weighted by atomic mass is 9.99. The number of imidazole rings is 1. The van der Waals surface area contributed by atoms with E-state index in [1.54, 1.807) is 21.9 Å². The number of aryl methyl sites for hydroxylation is 1. The molecule has 2 bridgehead atoms. The number of hydrogen-bond acceptors (Lipinski definition) is 6. The molecule has 2 aliphatic heterocycles. The van der Waals surface area contributed by atoms with Crippen molar-refractivity contribution >= 4 is 44.7 Å². The van der Waals surface area contributed by atoms with E-state index in [0.717, 1.165) is 32.3 Å². The first-order chi connectivity index (χ1) is 14.5. The number of hydrogen-bond donors (Lipinski definition) is 1. The molecule has 2 aliphatic rings. The average molecular weight is 459 g/mol. The molecule has 1 N–H and O–H groups in total. The molecule has 4 aromatic rings. The minimum Gasteiger partial charge on any atom is -0.348 e. The molecule has 0 spiro atoms. The fraction of sp³-hybridized carbons (Fsp3) is 0.409. The Labute approximate surface area is 189 Å². The van der Waals surface area contributed by atoms with Crippen LogP contribution in [0.5, 0.6) is 0 Å². The van der Waals surface area contributed by atoms with E-state index < -0.39 is 0 Å². The zero-order valence-electron chi connectivity index (χ0n) is 17.4. The van der Waals surface area contributed by atoms with E-state index in [1.807, 2.05) is 25.4 Å². The third-order valence-corrected chi connectivity index (χ3v) is 7.59. The molecule has 4 aromatic heterocycles. The quantitative estimate of drug-likeness (QED) is 0.486. The Hall–Kier alpha value is -2.29. The molecule has 6 heterocycles. The van der Waals surface area contributed by atoms with Gasteiger partial charge in [0.1, 0.15) is 5.52 Å². The predicted molar refractivity (Wildman–Crippen MR) is 125 cm³/mol. The summed E-state index contributed by atoms with van der Waals surface area (Å²) in [6, 6.07) is 5.35. The van der Waals surface area contributed by atoms with Gasteiger partial charge in [-0.2, -0.15) is 0 Å². The molecule has 0 aromatic carbocycles. The maximum Gasteiger partial charge on any atom is 0.186 e. The molecular formula is C22H24ClFN6S. The average Bonchev–Trinajstić information content (AvgIpc) is 3.42. The van der Waals surface area contributed by atoms with Gasteiger partial charge in [-0.3, -0.25) is 4.98 Å². The highest BCUT2D eigenvalue weighted by Gasteiger charge is 2.35. The number of pyridine rings is 2. The molecule has 2 atom stereocenters. The Kier molecular flexibility index (Phi) is 5.11. The van der Waals surface area contributed by atoms with Crippen molar-refractivity contribution in [1.29, 1.82) is 0 Å². The van der Waals surface area contributed by atoms with E-state index in [2.05, 4.69) is 27.2 Å². The summed E-state index contributed by atoms with van der Waals surface area (Å²) in [5.74, 6) is -0.340. The highest BCUT2D eigenvalue weighted by atomic mass is 35.5. The van der Waals surface area contributed by atoms with Gasteiger partial charge in [0.15, 0.2) is 16.6 Å². The second-order valence-corrected chi connectivity index (χ2v) is 9.61. The summed E-state index contributed by atoms with van der Waals surface area (Å²) in [5, 5.41) is 4.74. The van der Waals surface area contributed by atoms with Crippen molar-refractivity contribution in [3.8, 4) is 11.3 Å². The molecule has 0 amide bonds. The van der Waals surface area contributed by atoms with Crippen LogP contribution in [-0.2, 0) is 0 Å². The van der Waals surface area contributed by atoms with Crippen LogP contribution in [0.25, 0.3) is 27.1 Å². The number of halogens is 2. The molecule has 0 aliphatic carbocycles. The highest BCUT2D eigenvalue weighted by Crippen LogP contribution is 2.36. The standard InChI is InChI=1S/C22H23FN6S.ClH/c1-12-10-29-11-13(5-17(23)21(29)25-12)18-8-20-19(9-24-18)27-22(30-20)28(2)16-6-14-3-4-15(7-16)26-14;/h5,8-11,14-16,26H,3-4,6-7H2,1-2H3;1H.